The van der Waals surface area contributed by atoms with Crippen molar-refractivity contribution < 1.29 is 0 Å². The molecule has 1 aliphatic heterocycles. The third kappa shape index (κ3) is 6.52. The van der Waals surface area contributed by atoms with Gasteiger partial charge in [-0.2, -0.15) is 0 Å². The van der Waals surface area contributed by atoms with Gasteiger partial charge in [0.25, 0.3) is 0 Å². The molecule has 66 heavy (non-hydrogen) atoms. The van der Waals surface area contributed by atoms with Gasteiger partial charge in [-0.25, -0.2) is 0 Å². The number of halogens is 1. The smallest absolute Gasteiger partial charge is 0.181 e. The van der Waals surface area contributed by atoms with Crippen LogP contribution in [0.25, 0.3) is 43.8 Å². The first kappa shape index (κ1) is 39.8. The minimum Gasteiger partial charge on any atom is -0.310 e. The van der Waals surface area contributed by atoms with Crippen LogP contribution in [0.4, 0.5) is 34.1 Å². The first-order chi connectivity index (χ1) is 32.7. The van der Waals surface area contributed by atoms with Crippen molar-refractivity contribution in [2.24, 2.45) is 0 Å². The molecular weight excluding hydrogens is 881 g/mol. The van der Waals surface area contributed by atoms with Gasteiger partial charge >= 0.3 is 0 Å². The van der Waals surface area contributed by atoms with Gasteiger partial charge < -0.3 is 9.80 Å². The van der Waals surface area contributed by atoms with Gasteiger partial charge in [0.1, 0.15) is 0 Å². The van der Waals surface area contributed by atoms with E-state index in [2.05, 4.69) is 287 Å². The summed E-state index contributed by atoms with van der Waals surface area (Å²) in [4.78, 5) is 4.91. The van der Waals surface area contributed by atoms with Crippen molar-refractivity contribution >= 4 is 100 Å². The molecule has 1 heterocycles. The Kier molecular flexibility index (Phi) is 10.0. The van der Waals surface area contributed by atoms with E-state index in [4.69, 9.17) is 0 Å². The maximum Gasteiger partial charge on any atom is 0.181 e. The van der Waals surface area contributed by atoms with Crippen LogP contribution in [-0.2, 0) is 0 Å². The number of anilines is 6. The summed E-state index contributed by atoms with van der Waals surface area (Å²) in [6, 6.07) is 96.5. The van der Waals surface area contributed by atoms with Crippen molar-refractivity contribution in [1.82, 2.24) is 0 Å². The maximum atomic E-state index is 4.16. The fraction of sp³-hybridized carbons (Fsp3) is 0. The van der Waals surface area contributed by atoms with Gasteiger partial charge in [-0.15, -0.1) is 0 Å². The second-order valence-corrected chi connectivity index (χ2v) is 21.5. The molecule has 0 fully saturated rings. The van der Waals surface area contributed by atoms with Crippen molar-refractivity contribution in [3.05, 3.63) is 265 Å². The fourth-order valence-corrected chi connectivity index (χ4v) is 16.4. The lowest BCUT2D eigenvalue weighted by Gasteiger charge is -2.38. The van der Waals surface area contributed by atoms with Crippen LogP contribution in [-0.4, -0.2) is 8.07 Å². The van der Waals surface area contributed by atoms with Crippen LogP contribution in [0.5, 0.6) is 0 Å². The highest BCUT2D eigenvalue weighted by Gasteiger charge is 2.47. The van der Waals surface area contributed by atoms with Crippen LogP contribution >= 0.6 is 15.9 Å². The molecular formula is C62H43BrN2Si. The Morgan fingerprint density at radius 2 is 0.712 bits per heavy atom. The maximum absolute atomic E-state index is 4.16. The molecule has 0 saturated carbocycles. The van der Waals surface area contributed by atoms with Gasteiger partial charge in [0.2, 0.25) is 0 Å². The minimum absolute atomic E-state index is 1.07. The Hall–Kier alpha value is -7.76. The molecule has 0 aromatic heterocycles. The Balaban J connectivity index is 1.23. The average molecular weight is 924 g/mol. The number of fused-ring (bicyclic) bond motifs is 7. The molecule has 0 aliphatic carbocycles. The summed E-state index contributed by atoms with van der Waals surface area (Å²) in [5, 5.41) is 10.1. The lowest BCUT2D eigenvalue weighted by atomic mass is 9.94. The molecule has 0 amide bonds. The van der Waals surface area contributed by atoms with Gasteiger partial charge in [0.15, 0.2) is 8.07 Å². The molecule has 2 nitrogen and oxygen atoms in total. The fourth-order valence-electron chi connectivity index (χ4n) is 10.6. The highest BCUT2D eigenvalue weighted by Crippen LogP contribution is 2.46. The Labute approximate surface area is 395 Å². The van der Waals surface area contributed by atoms with E-state index in [1.165, 1.54) is 64.5 Å². The monoisotopic (exact) mass is 922 g/mol. The summed E-state index contributed by atoms with van der Waals surface area (Å²) in [6.07, 6.45) is 0. The van der Waals surface area contributed by atoms with Gasteiger partial charge in [0.05, 0.1) is 11.4 Å². The molecule has 0 atom stereocenters. The quantitative estimate of drug-likeness (QED) is 0.140. The Morgan fingerprint density at radius 1 is 0.303 bits per heavy atom. The van der Waals surface area contributed by atoms with E-state index in [1.807, 2.05) is 0 Å². The summed E-state index contributed by atoms with van der Waals surface area (Å²) in [5.74, 6) is 0. The minimum atomic E-state index is -3.29. The molecule has 0 N–H and O–H groups in total. The predicted molar refractivity (Wildman–Crippen MR) is 287 cm³/mol. The zero-order chi connectivity index (χ0) is 44.0. The number of para-hydroxylation sites is 2. The summed E-state index contributed by atoms with van der Waals surface area (Å²) in [7, 11) is -3.29. The third-order valence-corrected chi connectivity index (χ3v) is 18.9. The van der Waals surface area contributed by atoms with E-state index in [-0.39, 0.29) is 0 Å². The molecule has 312 valence electrons. The van der Waals surface area contributed by atoms with Gasteiger partial charge in [-0.1, -0.05) is 210 Å². The highest BCUT2D eigenvalue weighted by atomic mass is 79.9. The first-order valence-corrected chi connectivity index (χ1v) is 25.3. The first-order valence-electron chi connectivity index (χ1n) is 22.5. The van der Waals surface area contributed by atoms with E-state index in [1.54, 1.807) is 0 Å². The largest absolute Gasteiger partial charge is 0.310 e. The topological polar surface area (TPSA) is 6.48 Å². The molecule has 12 rings (SSSR count). The Bertz CT molecular complexity index is 3510. The molecule has 11 aromatic carbocycles. The highest BCUT2D eigenvalue weighted by molar-refractivity contribution is 9.10. The van der Waals surface area contributed by atoms with E-state index in [0.717, 1.165) is 38.6 Å². The van der Waals surface area contributed by atoms with Crippen LogP contribution < -0.4 is 30.5 Å². The van der Waals surface area contributed by atoms with Crippen LogP contribution in [0.2, 0.25) is 0 Å². The van der Waals surface area contributed by atoms with Crippen molar-refractivity contribution in [3.63, 3.8) is 0 Å². The number of rotatable bonds is 8. The summed E-state index contributed by atoms with van der Waals surface area (Å²) < 4.78 is 1.07. The molecule has 0 spiro atoms. The van der Waals surface area contributed by atoms with Crippen LogP contribution in [0.15, 0.2) is 265 Å². The SMILES string of the molecule is Brc1cccc2c1-c1ccc(N(c3ccccc3)c3cccc4ccccc34)cc1[Si](c1ccccc1)(c1ccccc1)c1cc(N(c3ccccc3)c3cccc4ccccc34)ccc1-2. The molecule has 4 heteroatoms. The lowest BCUT2D eigenvalue weighted by molar-refractivity contribution is 1.30. The van der Waals surface area contributed by atoms with E-state index in [9.17, 15) is 0 Å². The lowest BCUT2D eigenvalue weighted by Crippen LogP contribution is -2.75. The molecule has 0 bridgehead atoms. The number of hydrogen-bond acceptors (Lipinski definition) is 2. The zero-order valence-electron chi connectivity index (χ0n) is 36.1. The molecule has 0 radical (unpaired) electrons. The van der Waals surface area contributed by atoms with Crippen molar-refractivity contribution in [3.8, 4) is 22.3 Å². The second-order valence-electron chi connectivity index (χ2n) is 16.9. The molecule has 0 saturated heterocycles. The van der Waals surface area contributed by atoms with Gasteiger partial charge in [-0.3, -0.25) is 0 Å². The Morgan fingerprint density at radius 3 is 1.23 bits per heavy atom. The van der Waals surface area contributed by atoms with Crippen molar-refractivity contribution in [2.45, 2.75) is 0 Å². The number of benzene rings is 11. The van der Waals surface area contributed by atoms with Crippen molar-refractivity contribution in [2.75, 3.05) is 9.80 Å². The third-order valence-electron chi connectivity index (χ3n) is 13.4. The number of nitrogens with zero attached hydrogens (tertiary/aromatic N) is 2. The van der Waals surface area contributed by atoms with E-state index >= 15 is 0 Å². The second kappa shape index (κ2) is 16.7. The number of hydrogen-bond donors (Lipinski definition) is 0. The molecule has 0 unspecified atom stereocenters. The van der Waals surface area contributed by atoms with Gasteiger partial charge in [-0.05, 0) is 115 Å². The van der Waals surface area contributed by atoms with E-state index in [0.29, 0.717) is 0 Å². The molecule has 11 aromatic rings. The summed E-state index contributed by atoms with van der Waals surface area (Å²) in [5.41, 5.74) is 11.6. The predicted octanol–water partition coefficient (Wildman–Crippen LogP) is 14.7. The van der Waals surface area contributed by atoms with E-state index < -0.39 is 8.07 Å². The summed E-state index contributed by atoms with van der Waals surface area (Å²) in [6.45, 7) is 0. The standard InChI is InChI=1S/C62H43BrN2Si/c63-57-35-19-34-55-54-40-38-48(64(46-24-5-1-6-25-46)58-36-17-22-44-20-13-15-32-52(44)58)42-60(54)66(50-28-9-3-10-29-50,51-30-11-4-12-31-51)61-43-49(39-41-56(61)62(55)57)65(47-26-7-2-8-27-47)59-37-18-23-45-21-14-16-33-53(45)59/h1-43H. The average Bonchev–Trinajstić information content (AvgIpc) is 3.49. The van der Waals surface area contributed by atoms with Crippen LogP contribution in [0.1, 0.15) is 0 Å². The van der Waals surface area contributed by atoms with Crippen LogP contribution in [0.3, 0.4) is 0 Å². The normalized spacial score (nSPS) is 12.4. The molecule has 1 aliphatic rings. The van der Waals surface area contributed by atoms with Crippen LogP contribution in [0, 0.1) is 0 Å². The van der Waals surface area contributed by atoms with Gasteiger partial charge in [0, 0.05) is 43.6 Å². The summed E-state index contributed by atoms with van der Waals surface area (Å²) >= 11 is 4.16. The van der Waals surface area contributed by atoms with Crippen molar-refractivity contribution in [1.29, 1.82) is 0 Å². The zero-order valence-corrected chi connectivity index (χ0v) is 38.7.